The van der Waals surface area contributed by atoms with Gasteiger partial charge < -0.3 is 0 Å². The van der Waals surface area contributed by atoms with Crippen molar-refractivity contribution in [3.05, 3.63) is 0 Å². The first-order valence-electron chi connectivity index (χ1n) is 4.99. The van der Waals surface area contributed by atoms with Crippen LogP contribution in [0, 0.1) is 5.41 Å². The van der Waals surface area contributed by atoms with Crippen LogP contribution < -0.4 is 0 Å². The van der Waals surface area contributed by atoms with Crippen LogP contribution in [0.25, 0.3) is 0 Å². The summed E-state index contributed by atoms with van der Waals surface area (Å²) in [5.74, 6) is 0. The Hall–Kier alpha value is -0.0800. The number of carbonyl (C=O) groups is 2. The van der Waals surface area contributed by atoms with Crippen molar-refractivity contribution in [3.63, 3.8) is 0 Å². The highest BCUT2D eigenvalue weighted by Gasteiger charge is 2.43. The first-order chi connectivity index (χ1) is 6.59. The fourth-order valence-electron chi connectivity index (χ4n) is 1.98. The molecule has 1 rings (SSSR count). The maximum absolute atomic E-state index is 11.3. The van der Waals surface area contributed by atoms with Gasteiger partial charge in [-0.05, 0) is 36.0 Å². The minimum Gasteiger partial charge on any atom is -0.280 e. The highest BCUT2D eigenvalue weighted by molar-refractivity contribution is 6.74. The third-order valence-electron chi connectivity index (χ3n) is 2.96. The molecule has 0 saturated heterocycles. The maximum Gasteiger partial charge on any atom is 0.236 e. The van der Waals surface area contributed by atoms with Gasteiger partial charge in [0.15, 0.2) is 0 Å². The Bertz CT molecular complexity index is 214. The molecule has 4 heteroatoms. The molecule has 1 aliphatic carbocycles. The smallest absolute Gasteiger partial charge is 0.236 e. The van der Waals surface area contributed by atoms with E-state index in [1.54, 1.807) is 0 Å². The van der Waals surface area contributed by atoms with E-state index in [-0.39, 0.29) is 0 Å². The summed E-state index contributed by atoms with van der Waals surface area (Å²) in [6.45, 7) is 0. The molecular formula is C10H14Cl2O2. The van der Waals surface area contributed by atoms with E-state index in [1.807, 2.05) is 0 Å². The molecule has 0 unspecified atom stereocenters. The summed E-state index contributed by atoms with van der Waals surface area (Å²) in [7, 11) is 0. The Balaban J connectivity index is 2.81. The van der Waals surface area contributed by atoms with Gasteiger partial charge in [-0.15, -0.1) is 0 Å². The summed E-state index contributed by atoms with van der Waals surface area (Å²) in [4.78, 5) is 22.6. The number of carbonyl (C=O) groups excluding carboxylic acids is 2. The Kier molecular flexibility index (Phi) is 4.39. The molecule has 0 amide bonds. The third-order valence-corrected chi connectivity index (χ3v) is 3.68. The lowest BCUT2D eigenvalue weighted by molar-refractivity contribution is -0.132. The maximum atomic E-state index is 11.3. The lowest BCUT2D eigenvalue weighted by Crippen LogP contribution is -2.34. The van der Waals surface area contributed by atoms with E-state index in [1.165, 1.54) is 6.42 Å². The molecule has 1 aliphatic rings. The highest BCUT2D eigenvalue weighted by atomic mass is 35.5. The second kappa shape index (κ2) is 5.13. The molecule has 0 aliphatic heterocycles. The van der Waals surface area contributed by atoms with E-state index in [4.69, 9.17) is 23.2 Å². The van der Waals surface area contributed by atoms with Gasteiger partial charge in [-0.1, -0.05) is 32.1 Å². The molecule has 0 bridgehead atoms. The van der Waals surface area contributed by atoms with Crippen molar-refractivity contribution in [1.29, 1.82) is 0 Å². The zero-order valence-electron chi connectivity index (χ0n) is 8.02. The van der Waals surface area contributed by atoms with Gasteiger partial charge >= 0.3 is 0 Å². The van der Waals surface area contributed by atoms with Crippen LogP contribution in [0.5, 0.6) is 0 Å². The van der Waals surface area contributed by atoms with Gasteiger partial charge in [-0.2, -0.15) is 0 Å². The van der Waals surface area contributed by atoms with Crippen molar-refractivity contribution >= 4 is 33.7 Å². The fourth-order valence-corrected chi connectivity index (χ4v) is 2.58. The van der Waals surface area contributed by atoms with Crippen LogP contribution in [0.1, 0.15) is 44.9 Å². The van der Waals surface area contributed by atoms with Crippen molar-refractivity contribution in [2.75, 3.05) is 0 Å². The third kappa shape index (κ3) is 2.48. The van der Waals surface area contributed by atoms with E-state index in [0.717, 1.165) is 25.7 Å². The molecule has 0 aromatic rings. The number of hydrogen-bond donors (Lipinski definition) is 0. The SMILES string of the molecule is O=C(Cl)C1(C(=O)Cl)CCCCCCC1. The van der Waals surface area contributed by atoms with Gasteiger partial charge in [0.05, 0.1) is 0 Å². The van der Waals surface area contributed by atoms with Gasteiger partial charge in [0, 0.05) is 0 Å². The molecular weight excluding hydrogens is 223 g/mol. The summed E-state index contributed by atoms with van der Waals surface area (Å²) in [5.41, 5.74) is -1.09. The molecule has 2 nitrogen and oxygen atoms in total. The molecule has 0 spiro atoms. The molecule has 1 fully saturated rings. The Morgan fingerprint density at radius 3 is 1.50 bits per heavy atom. The molecule has 14 heavy (non-hydrogen) atoms. The average molecular weight is 237 g/mol. The molecule has 0 aromatic carbocycles. The predicted octanol–water partition coefficient (Wildman–Crippen LogP) is 3.25. The Morgan fingerprint density at radius 1 is 0.786 bits per heavy atom. The predicted molar refractivity (Wildman–Crippen MR) is 56.5 cm³/mol. The lowest BCUT2D eigenvalue weighted by atomic mass is 9.78. The topological polar surface area (TPSA) is 34.1 Å². The van der Waals surface area contributed by atoms with Gasteiger partial charge in [0.2, 0.25) is 10.5 Å². The number of rotatable bonds is 2. The van der Waals surface area contributed by atoms with Crippen molar-refractivity contribution in [3.8, 4) is 0 Å². The number of hydrogen-bond acceptors (Lipinski definition) is 2. The van der Waals surface area contributed by atoms with Crippen molar-refractivity contribution in [2.45, 2.75) is 44.9 Å². The van der Waals surface area contributed by atoms with E-state index in [9.17, 15) is 9.59 Å². The van der Waals surface area contributed by atoms with Gasteiger partial charge in [-0.25, -0.2) is 0 Å². The van der Waals surface area contributed by atoms with Crippen molar-refractivity contribution in [1.82, 2.24) is 0 Å². The minimum atomic E-state index is -1.09. The quantitative estimate of drug-likeness (QED) is 0.545. The van der Waals surface area contributed by atoms with Crippen molar-refractivity contribution < 1.29 is 9.59 Å². The van der Waals surface area contributed by atoms with Crippen LogP contribution >= 0.6 is 23.2 Å². The first kappa shape index (κ1) is 12.0. The van der Waals surface area contributed by atoms with Crippen LogP contribution in [0.15, 0.2) is 0 Å². The van der Waals surface area contributed by atoms with Crippen LogP contribution in [0.2, 0.25) is 0 Å². The summed E-state index contributed by atoms with van der Waals surface area (Å²) in [5, 5.41) is -1.17. The standard InChI is InChI=1S/C10H14Cl2O2/c11-8(13)10(9(12)14)6-4-2-1-3-5-7-10/h1-7H2. The van der Waals surface area contributed by atoms with Crippen LogP contribution in [0.4, 0.5) is 0 Å². The Labute approximate surface area is 93.9 Å². The molecule has 80 valence electrons. The highest BCUT2D eigenvalue weighted by Crippen LogP contribution is 2.38. The van der Waals surface area contributed by atoms with Crippen molar-refractivity contribution in [2.24, 2.45) is 5.41 Å². The normalized spacial score (nSPS) is 22.1. The largest absolute Gasteiger partial charge is 0.280 e. The van der Waals surface area contributed by atoms with Crippen LogP contribution in [-0.2, 0) is 9.59 Å². The van der Waals surface area contributed by atoms with E-state index in [0.29, 0.717) is 12.8 Å². The first-order valence-corrected chi connectivity index (χ1v) is 5.75. The summed E-state index contributed by atoms with van der Waals surface area (Å²) in [6, 6.07) is 0. The van der Waals surface area contributed by atoms with Gasteiger partial charge in [0.1, 0.15) is 5.41 Å². The second-order valence-electron chi connectivity index (χ2n) is 3.90. The van der Waals surface area contributed by atoms with Gasteiger partial charge in [-0.3, -0.25) is 9.59 Å². The second-order valence-corrected chi connectivity index (χ2v) is 4.58. The molecule has 0 radical (unpaired) electrons. The molecule has 0 heterocycles. The van der Waals surface area contributed by atoms with E-state index < -0.39 is 15.9 Å². The molecule has 0 atom stereocenters. The van der Waals surface area contributed by atoms with Gasteiger partial charge in [0.25, 0.3) is 0 Å². The Morgan fingerprint density at radius 2 is 1.14 bits per heavy atom. The summed E-state index contributed by atoms with van der Waals surface area (Å²) >= 11 is 11.0. The molecule has 1 saturated carbocycles. The molecule has 0 N–H and O–H groups in total. The zero-order valence-corrected chi connectivity index (χ0v) is 9.53. The van der Waals surface area contributed by atoms with Crippen LogP contribution in [-0.4, -0.2) is 10.5 Å². The average Bonchev–Trinajstić information content (AvgIpc) is 2.02. The lowest BCUT2D eigenvalue weighted by Gasteiger charge is -2.27. The minimum absolute atomic E-state index is 0.512. The zero-order chi connectivity index (χ0) is 10.6. The fraction of sp³-hybridized carbons (Fsp3) is 0.800. The van der Waals surface area contributed by atoms with E-state index in [2.05, 4.69) is 0 Å². The monoisotopic (exact) mass is 236 g/mol. The molecule has 0 aromatic heterocycles. The summed E-state index contributed by atoms with van der Waals surface area (Å²) < 4.78 is 0. The van der Waals surface area contributed by atoms with Crippen LogP contribution in [0.3, 0.4) is 0 Å². The van der Waals surface area contributed by atoms with E-state index >= 15 is 0 Å². The summed E-state index contributed by atoms with van der Waals surface area (Å²) in [6.07, 6.45) is 6.01. The number of halogens is 2.